The Morgan fingerprint density at radius 3 is 2.68 bits per heavy atom. The smallest absolute Gasteiger partial charge is 0.266 e. The van der Waals surface area contributed by atoms with Crippen LogP contribution in [0.4, 0.5) is 5.69 Å². The molecule has 0 saturated carbocycles. The van der Waals surface area contributed by atoms with Crippen molar-refractivity contribution in [1.82, 2.24) is 4.90 Å². The number of methoxy groups -OCH3 is 1. The van der Waals surface area contributed by atoms with E-state index in [0.717, 1.165) is 5.69 Å². The van der Waals surface area contributed by atoms with Crippen LogP contribution in [-0.4, -0.2) is 47.9 Å². The molecule has 0 spiro atoms. The van der Waals surface area contributed by atoms with Gasteiger partial charge in [0.15, 0.2) is 16.7 Å². The molecule has 2 aromatic carbocycles. The number of amides is 1. The summed E-state index contributed by atoms with van der Waals surface area (Å²) >= 11 is 1.31. The van der Waals surface area contributed by atoms with E-state index in [1.807, 2.05) is 37.3 Å². The standard InChI is InChI=1S/C21H22N2O4S/c1-3-27-12-11-23-20(25)19(14-15-9-10-18(26-2)17(24)13-15)28-21(23)22-16-7-5-4-6-8-16/h4-10,13-14,24H,3,11-12H2,1-2H3/b19-14-,22-21?. The number of hydrogen-bond acceptors (Lipinski definition) is 6. The Bertz CT molecular complexity index is 897. The number of para-hydroxylation sites is 1. The van der Waals surface area contributed by atoms with Crippen LogP contribution in [-0.2, 0) is 9.53 Å². The van der Waals surface area contributed by atoms with Crippen LogP contribution in [0.3, 0.4) is 0 Å². The van der Waals surface area contributed by atoms with Crippen LogP contribution in [0.1, 0.15) is 12.5 Å². The van der Waals surface area contributed by atoms with Gasteiger partial charge in [0.2, 0.25) is 0 Å². The van der Waals surface area contributed by atoms with E-state index in [9.17, 15) is 9.90 Å². The first-order valence-electron chi connectivity index (χ1n) is 8.92. The molecule has 1 heterocycles. The Kier molecular flexibility index (Phi) is 6.73. The van der Waals surface area contributed by atoms with Gasteiger partial charge in [0.1, 0.15) is 0 Å². The van der Waals surface area contributed by atoms with E-state index >= 15 is 0 Å². The number of rotatable bonds is 7. The highest BCUT2D eigenvalue weighted by molar-refractivity contribution is 8.18. The molecule has 0 atom stereocenters. The van der Waals surface area contributed by atoms with Gasteiger partial charge < -0.3 is 14.6 Å². The molecule has 1 N–H and O–H groups in total. The quantitative estimate of drug-likeness (QED) is 0.563. The Morgan fingerprint density at radius 2 is 2.00 bits per heavy atom. The van der Waals surface area contributed by atoms with Crippen LogP contribution in [0.2, 0.25) is 0 Å². The number of ether oxygens (including phenoxy) is 2. The highest BCUT2D eigenvalue weighted by Crippen LogP contribution is 2.35. The summed E-state index contributed by atoms with van der Waals surface area (Å²) in [6.45, 7) is 3.37. The van der Waals surface area contributed by atoms with Gasteiger partial charge in [-0.2, -0.15) is 0 Å². The number of benzene rings is 2. The van der Waals surface area contributed by atoms with Crippen LogP contribution < -0.4 is 4.74 Å². The largest absolute Gasteiger partial charge is 0.504 e. The molecule has 1 saturated heterocycles. The van der Waals surface area contributed by atoms with Gasteiger partial charge in [-0.15, -0.1) is 0 Å². The third-order valence-corrected chi connectivity index (χ3v) is 5.04. The Labute approximate surface area is 168 Å². The zero-order chi connectivity index (χ0) is 19.9. The van der Waals surface area contributed by atoms with Crippen molar-refractivity contribution in [3.05, 3.63) is 59.0 Å². The van der Waals surface area contributed by atoms with Crippen LogP contribution >= 0.6 is 11.8 Å². The predicted molar refractivity (Wildman–Crippen MR) is 112 cm³/mol. The molecule has 0 radical (unpaired) electrons. The molecule has 1 fully saturated rings. The Balaban J connectivity index is 1.89. The first-order chi connectivity index (χ1) is 13.6. The van der Waals surface area contributed by atoms with Gasteiger partial charge in [-0.3, -0.25) is 9.69 Å². The van der Waals surface area contributed by atoms with Gasteiger partial charge in [-0.05, 0) is 54.6 Å². The summed E-state index contributed by atoms with van der Waals surface area (Å²) < 4.78 is 10.5. The Hall–Kier alpha value is -2.77. The topological polar surface area (TPSA) is 71.4 Å². The van der Waals surface area contributed by atoms with Crippen molar-refractivity contribution >= 4 is 34.6 Å². The highest BCUT2D eigenvalue weighted by Gasteiger charge is 2.33. The van der Waals surface area contributed by atoms with Gasteiger partial charge in [-0.1, -0.05) is 24.3 Å². The summed E-state index contributed by atoms with van der Waals surface area (Å²) in [5.41, 5.74) is 1.49. The molecule has 1 amide bonds. The van der Waals surface area contributed by atoms with Crippen molar-refractivity contribution in [2.24, 2.45) is 4.99 Å². The number of phenolic OH excluding ortho intramolecular Hbond substituents is 1. The van der Waals surface area contributed by atoms with E-state index in [4.69, 9.17) is 9.47 Å². The molecule has 0 unspecified atom stereocenters. The summed E-state index contributed by atoms with van der Waals surface area (Å²) in [5.74, 6) is 0.283. The number of carbonyl (C=O) groups is 1. The van der Waals surface area contributed by atoms with Crippen LogP contribution in [0.15, 0.2) is 58.4 Å². The van der Waals surface area contributed by atoms with E-state index in [0.29, 0.717) is 41.1 Å². The summed E-state index contributed by atoms with van der Waals surface area (Å²) in [6, 6.07) is 14.5. The van der Waals surface area contributed by atoms with Gasteiger partial charge >= 0.3 is 0 Å². The molecule has 3 rings (SSSR count). The minimum atomic E-state index is -0.130. The van der Waals surface area contributed by atoms with Crippen LogP contribution in [0.5, 0.6) is 11.5 Å². The maximum absolute atomic E-state index is 12.9. The molecule has 146 valence electrons. The molecular formula is C21H22N2O4S. The lowest BCUT2D eigenvalue weighted by Gasteiger charge is -2.15. The van der Waals surface area contributed by atoms with E-state index in [-0.39, 0.29) is 11.7 Å². The first kappa shape index (κ1) is 20.0. The van der Waals surface area contributed by atoms with E-state index in [2.05, 4.69) is 4.99 Å². The number of aliphatic imine (C=N–C) groups is 1. The lowest BCUT2D eigenvalue weighted by atomic mass is 10.2. The van der Waals surface area contributed by atoms with Gasteiger partial charge in [-0.25, -0.2) is 4.99 Å². The lowest BCUT2D eigenvalue weighted by molar-refractivity contribution is -0.122. The number of thioether (sulfide) groups is 1. The SMILES string of the molecule is CCOCCN1C(=O)/C(=C/c2ccc(OC)c(O)c2)SC1=Nc1ccccc1. The summed E-state index contributed by atoms with van der Waals surface area (Å²) in [5, 5.41) is 10.6. The average molecular weight is 398 g/mol. The number of aromatic hydroxyl groups is 1. The molecule has 0 aromatic heterocycles. The monoisotopic (exact) mass is 398 g/mol. The van der Waals surface area contributed by atoms with Crippen LogP contribution in [0, 0.1) is 0 Å². The molecule has 1 aliphatic rings. The molecular weight excluding hydrogens is 376 g/mol. The zero-order valence-electron chi connectivity index (χ0n) is 15.8. The number of amidine groups is 1. The second-order valence-electron chi connectivity index (χ2n) is 5.93. The van der Waals surface area contributed by atoms with E-state index < -0.39 is 0 Å². The molecule has 0 aliphatic carbocycles. The number of hydrogen-bond donors (Lipinski definition) is 1. The lowest BCUT2D eigenvalue weighted by Crippen LogP contribution is -2.32. The maximum Gasteiger partial charge on any atom is 0.266 e. The first-order valence-corrected chi connectivity index (χ1v) is 9.74. The van der Waals surface area contributed by atoms with Crippen molar-refractivity contribution < 1.29 is 19.4 Å². The second kappa shape index (κ2) is 9.43. The molecule has 7 heteroatoms. The zero-order valence-corrected chi connectivity index (χ0v) is 16.6. The van der Waals surface area contributed by atoms with E-state index in [1.165, 1.54) is 18.9 Å². The number of carbonyl (C=O) groups excluding carboxylic acids is 1. The molecule has 1 aliphatic heterocycles. The maximum atomic E-state index is 12.9. The van der Waals surface area contributed by atoms with Gasteiger partial charge in [0, 0.05) is 6.61 Å². The average Bonchev–Trinajstić information content (AvgIpc) is 2.98. The van der Waals surface area contributed by atoms with E-state index in [1.54, 1.807) is 29.2 Å². The summed E-state index contributed by atoms with van der Waals surface area (Å²) in [4.78, 5) is 19.7. The second-order valence-corrected chi connectivity index (χ2v) is 6.93. The third kappa shape index (κ3) is 4.74. The van der Waals surface area contributed by atoms with Crippen molar-refractivity contribution in [2.45, 2.75) is 6.92 Å². The van der Waals surface area contributed by atoms with Crippen molar-refractivity contribution in [3.63, 3.8) is 0 Å². The Morgan fingerprint density at radius 1 is 1.21 bits per heavy atom. The molecule has 2 aromatic rings. The molecule has 28 heavy (non-hydrogen) atoms. The fraction of sp³-hybridized carbons (Fsp3) is 0.238. The minimum Gasteiger partial charge on any atom is -0.504 e. The van der Waals surface area contributed by atoms with Gasteiger partial charge in [0.05, 0.1) is 30.9 Å². The number of nitrogens with zero attached hydrogens (tertiary/aromatic N) is 2. The minimum absolute atomic E-state index is 0.0265. The third-order valence-electron chi connectivity index (χ3n) is 4.03. The molecule has 0 bridgehead atoms. The van der Waals surface area contributed by atoms with Crippen molar-refractivity contribution in [2.75, 3.05) is 26.9 Å². The normalized spacial score (nSPS) is 16.9. The predicted octanol–water partition coefficient (Wildman–Crippen LogP) is 4.04. The number of phenols is 1. The van der Waals surface area contributed by atoms with Crippen LogP contribution in [0.25, 0.3) is 6.08 Å². The van der Waals surface area contributed by atoms with Crippen molar-refractivity contribution in [1.29, 1.82) is 0 Å². The van der Waals surface area contributed by atoms with Gasteiger partial charge in [0.25, 0.3) is 5.91 Å². The molecule has 6 nitrogen and oxygen atoms in total. The fourth-order valence-electron chi connectivity index (χ4n) is 2.65. The summed E-state index contributed by atoms with van der Waals surface area (Å²) in [6.07, 6.45) is 1.74. The summed E-state index contributed by atoms with van der Waals surface area (Å²) in [7, 11) is 1.49. The van der Waals surface area contributed by atoms with Crippen molar-refractivity contribution in [3.8, 4) is 11.5 Å². The fourth-order valence-corrected chi connectivity index (χ4v) is 3.67. The highest BCUT2D eigenvalue weighted by atomic mass is 32.2.